The van der Waals surface area contributed by atoms with Crippen molar-refractivity contribution in [2.24, 2.45) is 0 Å². The number of nitrogens with zero attached hydrogens (tertiary/aromatic N) is 3. The second-order valence-electron chi connectivity index (χ2n) is 6.03. The first kappa shape index (κ1) is 16.8. The van der Waals surface area contributed by atoms with Crippen LogP contribution in [0.1, 0.15) is 28.9 Å². The van der Waals surface area contributed by atoms with E-state index in [4.69, 9.17) is 9.47 Å². The third kappa shape index (κ3) is 3.88. The summed E-state index contributed by atoms with van der Waals surface area (Å²) in [6.07, 6.45) is -0.111. The Balaban J connectivity index is 1.71. The zero-order valence-corrected chi connectivity index (χ0v) is 14.3. The van der Waals surface area contributed by atoms with Gasteiger partial charge in [0.2, 0.25) is 0 Å². The van der Waals surface area contributed by atoms with E-state index in [9.17, 15) is 4.39 Å². The molecule has 1 aliphatic heterocycles. The minimum absolute atomic E-state index is 0.111. The van der Waals surface area contributed by atoms with Crippen LogP contribution >= 0.6 is 0 Å². The Bertz CT molecular complexity index is 703. The van der Waals surface area contributed by atoms with Crippen LogP contribution in [0, 0.1) is 19.7 Å². The lowest BCUT2D eigenvalue weighted by atomic mass is 10.1. The average molecular weight is 331 g/mol. The highest BCUT2D eigenvalue weighted by molar-refractivity contribution is 5.29. The Labute approximate surface area is 141 Å². The minimum Gasteiger partial charge on any atom is -0.497 e. The number of rotatable bonds is 4. The number of hydrogen-bond donors (Lipinski definition) is 0. The van der Waals surface area contributed by atoms with Gasteiger partial charge >= 0.3 is 0 Å². The van der Waals surface area contributed by atoms with Gasteiger partial charge in [0.1, 0.15) is 23.5 Å². The first-order chi connectivity index (χ1) is 11.5. The van der Waals surface area contributed by atoms with Crippen LogP contribution in [0.2, 0.25) is 0 Å². The second-order valence-corrected chi connectivity index (χ2v) is 6.03. The Morgan fingerprint density at radius 1 is 1.29 bits per heavy atom. The Morgan fingerprint density at radius 2 is 2.12 bits per heavy atom. The van der Waals surface area contributed by atoms with E-state index in [-0.39, 0.29) is 11.9 Å². The summed E-state index contributed by atoms with van der Waals surface area (Å²) in [7, 11) is 1.53. The number of hydrogen-bond acceptors (Lipinski definition) is 5. The number of morpholine rings is 1. The van der Waals surface area contributed by atoms with Crippen molar-refractivity contribution in [1.29, 1.82) is 0 Å². The number of ether oxygens (including phenoxy) is 2. The molecule has 1 atom stereocenters. The van der Waals surface area contributed by atoms with Crippen LogP contribution in [0.5, 0.6) is 5.75 Å². The first-order valence-corrected chi connectivity index (χ1v) is 8.03. The van der Waals surface area contributed by atoms with Gasteiger partial charge in [-0.2, -0.15) is 0 Å². The van der Waals surface area contributed by atoms with Gasteiger partial charge in [0.05, 0.1) is 19.4 Å². The first-order valence-electron chi connectivity index (χ1n) is 8.03. The summed E-state index contributed by atoms with van der Waals surface area (Å²) in [6, 6.07) is 6.94. The lowest BCUT2D eigenvalue weighted by molar-refractivity contribution is -0.0354. The molecule has 0 radical (unpaired) electrons. The standard InChI is InChI=1S/C18H22FN3O2/c1-12-8-17(21-13(2)20-12)18-11-22(6-7-24-18)10-14-4-5-15(23-3)9-16(14)19/h4-5,8-9,18H,6-7,10-11H2,1-3H3/t18-/m0/s1. The zero-order valence-electron chi connectivity index (χ0n) is 14.3. The van der Waals surface area contributed by atoms with Crippen molar-refractivity contribution in [3.05, 3.63) is 52.9 Å². The van der Waals surface area contributed by atoms with Gasteiger partial charge in [-0.1, -0.05) is 6.07 Å². The Hall–Kier alpha value is -2.05. The number of aromatic nitrogens is 2. The molecule has 0 bridgehead atoms. The fourth-order valence-corrected chi connectivity index (χ4v) is 2.96. The van der Waals surface area contributed by atoms with E-state index in [0.29, 0.717) is 31.0 Å². The molecule has 1 saturated heterocycles. The van der Waals surface area contributed by atoms with Gasteiger partial charge in [0, 0.05) is 37.0 Å². The van der Waals surface area contributed by atoms with Crippen molar-refractivity contribution in [3.8, 4) is 5.75 Å². The molecule has 128 valence electrons. The van der Waals surface area contributed by atoms with E-state index in [1.165, 1.54) is 13.2 Å². The van der Waals surface area contributed by atoms with Gasteiger partial charge in [0.15, 0.2) is 0 Å². The van der Waals surface area contributed by atoms with Crippen LogP contribution in [0.4, 0.5) is 4.39 Å². The molecule has 6 heteroatoms. The number of aryl methyl sites for hydroxylation is 2. The van der Waals surface area contributed by atoms with Crippen LogP contribution in [0.25, 0.3) is 0 Å². The molecule has 0 aliphatic carbocycles. The van der Waals surface area contributed by atoms with Gasteiger partial charge in [-0.25, -0.2) is 14.4 Å². The number of methoxy groups -OCH3 is 1. The SMILES string of the molecule is COc1ccc(CN2CCO[C@H](c3cc(C)nc(C)n3)C2)c(F)c1. The summed E-state index contributed by atoms with van der Waals surface area (Å²) in [4.78, 5) is 11.0. The third-order valence-corrected chi connectivity index (χ3v) is 4.12. The van der Waals surface area contributed by atoms with Crippen LogP contribution < -0.4 is 4.74 Å². The molecule has 0 N–H and O–H groups in total. The van der Waals surface area contributed by atoms with Gasteiger partial charge in [-0.05, 0) is 26.0 Å². The Kier molecular flexibility index (Phi) is 5.06. The predicted molar refractivity (Wildman–Crippen MR) is 88.4 cm³/mol. The molecule has 0 spiro atoms. The van der Waals surface area contributed by atoms with Gasteiger partial charge in [-0.3, -0.25) is 4.90 Å². The highest BCUT2D eigenvalue weighted by atomic mass is 19.1. The van der Waals surface area contributed by atoms with Crippen molar-refractivity contribution in [2.45, 2.75) is 26.5 Å². The smallest absolute Gasteiger partial charge is 0.131 e. The maximum Gasteiger partial charge on any atom is 0.131 e. The quantitative estimate of drug-likeness (QED) is 0.862. The average Bonchev–Trinajstić information content (AvgIpc) is 2.56. The molecular weight excluding hydrogens is 309 g/mol. The molecule has 3 rings (SSSR count). The van der Waals surface area contributed by atoms with Crippen LogP contribution in [0.3, 0.4) is 0 Å². The topological polar surface area (TPSA) is 47.5 Å². The van der Waals surface area contributed by atoms with Crippen LogP contribution in [-0.2, 0) is 11.3 Å². The molecule has 2 heterocycles. The molecule has 0 amide bonds. The van der Waals surface area contributed by atoms with E-state index < -0.39 is 0 Å². The van der Waals surface area contributed by atoms with Crippen molar-refractivity contribution in [1.82, 2.24) is 14.9 Å². The lowest BCUT2D eigenvalue weighted by Crippen LogP contribution is -2.38. The maximum absolute atomic E-state index is 14.2. The van der Waals surface area contributed by atoms with Crippen molar-refractivity contribution >= 4 is 0 Å². The van der Waals surface area contributed by atoms with Gasteiger partial charge in [-0.15, -0.1) is 0 Å². The molecular formula is C18H22FN3O2. The van der Waals surface area contributed by atoms with Crippen LogP contribution in [0.15, 0.2) is 24.3 Å². The van der Waals surface area contributed by atoms with E-state index in [1.54, 1.807) is 12.1 Å². The molecule has 1 aromatic carbocycles. The molecule has 1 fully saturated rings. The van der Waals surface area contributed by atoms with Crippen molar-refractivity contribution < 1.29 is 13.9 Å². The molecule has 0 unspecified atom stereocenters. The van der Waals surface area contributed by atoms with Crippen molar-refractivity contribution in [2.75, 3.05) is 26.8 Å². The summed E-state index contributed by atoms with van der Waals surface area (Å²) in [5.74, 6) is 1.03. The summed E-state index contributed by atoms with van der Waals surface area (Å²) in [5.41, 5.74) is 2.48. The maximum atomic E-state index is 14.2. The number of halogens is 1. The summed E-state index contributed by atoms with van der Waals surface area (Å²) >= 11 is 0. The lowest BCUT2D eigenvalue weighted by Gasteiger charge is -2.32. The number of benzene rings is 1. The molecule has 0 saturated carbocycles. The zero-order chi connectivity index (χ0) is 17.1. The van der Waals surface area contributed by atoms with Crippen LogP contribution in [-0.4, -0.2) is 41.7 Å². The molecule has 1 aliphatic rings. The highest BCUT2D eigenvalue weighted by Crippen LogP contribution is 2.24. The molecule has 5 nitrogen and oxygen atoms in total. The normalized spacial score (nSPS) is 18.6. The molecule has 1 aromatic heterocycles. The van der Waals surface area contributed by atoms with E-state index in [2.05, 4.69) is 14.9 Å². The van der Waals surface area contributed by atoms with E-state index in [1.807, 2.05) is 19.9 Å². The summed E-state index contributed by atoms with van der Waals surface area (Å²) in [5, 5.41) is 0. The highest BCUT2D eigenvalue weighted by Gasteiger charge is 2.24. The Morgan fingerprint density at radius 3 is 2.83 bits per heavy atom. The minimum atomic E-state index is -0.244. The second kappa shape index (κ2) is 7.23. The molecule has 2 aromatic rings. The van der Waals surface area contributed by atoms with Gasteiger partial charge < -0.3 is 9.47 Å². The largest absolute Gasteiger partial charge is 0.497 e. The summed E-state index contributed by atoms with van der Waals surface area (Å²) in [6.45, 7) is 6.42. The third-order valence-electron chi connectivity index (χ3n) is 4.12. The van der Waals surface area contributed by atoms with Gasteiger partial charge in [0.25, 0.3) is 0 Å². The van der Waals surface area contributed by atoms with E-state index in [0.717, 1.165) is 23.8 Å². The fourth-order valence-electron chi connectivity index (χ4n) is 2.96. The molecule has 24 heavy (non-hydrogen) atoms. The predicted octanol–water partition coefficient (Wildman–Crippen LogP) is 2.81. The van der Waals surface area contributed by atoms with E-state index >= 15 is 0 Å². The summed E-state index contributed by atoms with van der Waals surface area (Å²) < 4.78 is 25.1. The van der Waals surface area contributed by atoms with Crippen molar-refractivity contribution in [3.63, 3.8) is 0 Å². The fraction of sp³-hybridized carbons (Fsp3) is 0.444. The monoisotopic (exact) mass is 331 g/mol.